The van der Waals surface area contributed by atoms with Gasteiger partial charge in [-0.1, -0.05) is 0 Å². The zero-order chi connectivity index (χ0) is 30.5. The van der Waals surface area contributed by atoms with Crippen LogP contribution in [0.4, 0.5) is 29.7 Å². The molecule has 0 aliphatic carbocycles. The smallest absolute Gasteiger partial charge is 0.414 e. The number of cyclic esters (lactones) is 1. The highest BCUT2D eigenvalue weighted by molar-refractivity contribution is 5.93. The van der Waals surface area contributed by atoms with Crippen molar-refractivity contribution in [2.45, 2.75) is 19.4 Å². The fourth-order valence-electron chi connectivity index (χ4n) is 4.88. The van der Waals surface area contributed by atoms with Crippen molar-refractivity contribution in [1.82, 2.24) is 29.9 Å². The lowest BCUT2D eigenvalue weighted by Crippen LogP contribution is -2.49. The molecule has 2 N–H and O–H groups in total. The molecule has 5 rings (SSSR count). The van der Waals surface area contributed by atoms with Crippen molar-refractivity contribution in [2.75, 3.05) is 62.2 Å². The largest absolute Gasteiger partial charge is 0.450 e. The molecular formula is C27H30F2N8O6. The average molecular weight is 601 g/mol. The number of fused-ring (bicyclic) bond motifs is 1. The topological polar surface area (TPSA) is 151 Å². The van der Waals surface area contributed by atoms with E-state index in [0.29, 0.717) is 5.78 Å². The Kier molecular flexibility index (Phi) is 8.82. The van der Waals surface area contributed by atoms with Crippen LogP contribution in [-0.2, 0) is 14.3 Å². The Labute approximate surface area is 244 Å². The highest BCUT2D eigenvalue weighted by Gasteiger charge is 2.34. The van der Waals surface area contributed by atoms with Crippen LogP contribution in [0, 0.1) is 11.6 Å². The van der Waals surface area contributed by atoms with Gasteiger partial charge in [0.2, 0.25) is 11.7 Å². The number of hydrogen-bond acceptors (Lipinski definition) is 9. The van der Waals surface area contributed by atoms with Crippen LogP contribution >= 0.6 is 0 Å². The number of alkyl carbamates (subject to hydrolysis) is 1. The number of anilines is 2. The van der Waals surface area contributed by atoms with E-state index in [1.165, 1.54) is 4.90 Å². The monoisotopic (exact) mass is 600 g/mol. The fraction of sp³-hybridized carbons (Fsp3) is 0.407. The third-order valence-electron chi connectivity index (χ3n) is 6.98. The van der Waals surface area contributed by atoms with E-state index in [1.54, 1.807) is 40.9 Å². The van der Waals surface area contributed by atoms with Gasteiger partial charge >= 0.3 is 12.2 Å². The van der Waals surface area contributed by atoms with Gasteiger partial charge in [0.25, 0.3) is 5.91 Å². The van der Waals surface area contributed by atoms with Gasteiger partial charge in [-0.3, -0.25) is 18.9 Å². The molecule has 16 heteroatoms. The Morgan fingerprint density at radius 3 is 2.56 bits per heavy atom. The third kappa shape index (κ3) is 6.73. The molecule has 2 aliphatic heterocycles. The van der Waals surface area contributed by atoms with Crippen LogP contribution < -0.4 is 20.4 Å². The Morgan fingerprint density at radius 2 is 1.86 bits per heavy atom. The minimum Gasteiger partial charge on any atom is -0.450 e. The van der Waals surface area contributed by atoms with Gasteiger partial charge in [0.05, 0.1) is 25.4 Å². The van der Waals surface area contributed by atoms with E-state index in [2.05, 4.69) is 20.6 Å². The quantitative estimate of drug-likeness (QED) is 0.373. The van der Waals surface area contributed by atoms with E-state index in [1.807, 2.05) is 0 Å². The standard InChI is InChI=1S/C27H30F2N8O6/c1-2-42-26(40)32-14-18-15-37(27(41)43-18)17-12-19(28)23(20(29)13-17)35-10-8-34(9-11-35)22(38)4-6-30-24(39)21-16-36-7-3-5-31-25(36)33-21/h3,5,7,12-13,16,18H,2,4,6,8-11,14-15H2,1H3,(H,30,39)(H,32,40). The Morgan fingerprint density at radius 1 is 1.12 bits per heavy atom. The van der Waals surface area contributed by atoms with Gasteiger partial charge in [0, 0.05) is 69.9 Å². The van der Waals surface area contributed by atoms with Crippen LogP contribution in [0.5, 0.6) is 0 Å². The Balaban J connectivity index is 1.10. The molecule has 4 amide bonds. The Hall–Kier alpha value is -5.02. The molecule has 2 fully saturated rings. The molecule has 0 bridgehead atoms. The molecular weight excluding hydrogens is 570 g/mol. The SMILES string of the molecule is CCOC(=O)NCC1CN(c2cc(F)c(N3CCN(C(=O)CCNC(=O)c4cn5cccnc5n4)CC3)c(F)c2)C(=O)O1. The van der Waals surface area contributed by atoms with Crippen molar-refractivity contribution in [3.05, 3.63) is 54.1 Å². The molecule has 3 aromatic rings. The number of aromatic nitrogens is 3. The number of hydrogen-bond donors (Lipinski definition) is 2. The molecule has 1 aromatic carbocycles. The van der Waals surface area contributed by atoms with Gasteiger partial charge in [0.15, 0.2) is 11.6 Å². The van der Waals surface area contributed by atoms with Crippen molar-refractivity contribution in [3.8, 4) is 0 Å². The zero-order valence-corrected chi connectivity index (χ0v) is 23.3. The van der Waals surface area contributed by atoms with Crippen molar-refractivity contribution in [2.24, 2.45) is 0 Å². The lowest BCUT2D eigenvalue weighted by atomic mass is 10.2. The molecule has 43 heavy (non-hydrogen) atoms. The van der Waals surface area contributed by atoms with E-state index in [4.69, 9.17) is 9.47 Å². The van der Waals surface area contributed by atoms with Crippen LogP contribution in [-0.4, -0.2) is 102 Å². The second-order valence-corrected chi connectivity index (χ2v) is 9.80. The summed E-state index contributed by atoms with van der Waals surface area (Å²) in [6, 6.07) is 3.82. The molecule has 2 saturated heterocycles. The maximum Gasteiger partial charge on any atom is 0.414 e. The van der Waals surface area contributed by atoms with Crippen LogP contribution in [0.2, 0.25) is 0 Å². The molecule has 1 atom stereocenters. The normalized spacial score (nSPS) is 16.8. The van der Waals surface area contributed by atoms with Crippen LogP contribution in [0.25, 0.3) is 5.78 Å². The van der Waals surface area contributed by atoms with Gasteiger partial charge in [0.1, 0.15) is 17.5 Å². The first-order valence-electron chi connectivity index (χ1n) is 13.7. The molecule has 1 unspecified atom stereocenters. The second-order valence-electron chi connectivity index (χ2n) is 9.80. The number of rotatable bonds is 9. The zero-order valence-electron chi connectivity index (χ0n) is 23.3. The number of ether oxygens (including phenoxy) is 2. The average Bonchev–Trinajstić information content (AvgIpc) is 3.59. The molecule has 2 aromatic heterocycles. The first-order valence-corrected chi connectivity index (χ1v) is 13.7. The minimum atomic E-state index is -0.861. The Bertz CT molecular complexity index is 1470. The number of nitrogens with zero attached hydrogens (tertiary/aromatic N) is 6. The number of nitrogens with one attached hydrogen (secondary N) is 2. The van der Waals surface area contributed by atoms with E-state index in [9.17, 15) is 19.2 Å². The first kappa shape index (κ1) is 29.5. The predicted molar refractivity (Wildman–Crippen MR) is 148 cm³/mol. The second kappa shape index (κ2) is 12.9. The molecule has 4 heterocycles. The summed E-state index contributed by atoms with van der Waals surface area (Å²) in [6.45, 7) is 2.75. The molecule has 0 spiro atoms. The molecule has 2 aliphatic rings. The van der Waals surface area contributed by atoms with E-state index >= 15 is 8.78 Å². The summed E-state index contributed by atoms with van der Waals surface area (Å²) in [4.78, 5) is 61.3. The lowest BCUT2D eigenvalue weighted by Gasteiger charge is -2.36. The predicted octanol–water partition coefficient (Wildman–Crippen LogP) is 1.55. The highest BCUT2D eigenvalue weighted by Crippen LogP contribution is 2.31. The van der Waals surface area contributed by atoms with Gasteiger partial charge < -0.3 is 29.9 Å². The fourth-order valence-corrected chi connectivity index (χ4v) is 4.88. The van der Waals surface area contributed by atoms with E-state index in [-0.39, 0.29) is 81.8 Å². The summed E-state index contributed by atoms with van der Waals surface area (Å²) < 4.78 is 41.9. The van der Waals surface area contributed by atoms with Crippen molar-refractivity contribution in [3.63, 3.8) is 0 Å². The number of imidazole rings is 1. The van der Waals surface area contributed by atoms with Crippen molar-refractivity contribution >= 4 is 41.2 Å². The van der Waals surface area contributed by atoms with Crippen LogP contribution in [0.1, 0.15) is 23.8 Å². The summed E-state index contributed by atoms with van der Waals surface area (Å²) >= 11 is 0. The molecule has 0 radical (unpaired) electrons. The summed E-state index contributed by atoms with van der Waals surface area (Å²) in [7, 11) is 0. The van der Waals surface area contributed by atoms with Gasteiger partial charge in [-0.25, -0.2) is 28.3 Å². The number of halogens is 2. The molecule has 14 nitrogen and oxygen atoms in total. The highest BCUT2D eigenvalue weighted by atomic mass is 19.1. The maximum atomic E-state index is 15.2. The molecule has 228 valence electrons. The number of piperazine rings is 1. The van der Waals surface area contributed by atoms with E-state index < -0.39 is 35.8 Å². The number of carbonyl (C=O) groups is 4. The summed E-state index contributed by atoms with van der Waals surface area (Å²) in [6.07, 6.45) is 2.71. The van der Waals surface area contributed by atoms with Crippen LogP contribution in [0.3, 0.4) is 0 Å². The third-order valence-corrected chi connectivity index (χ3v) is 6.98. The minimum absolute atomic E-state index is 0.0130. The van der Waals surface area contributed by atoms with Gasteiger partial charge in [-0.15, -0.1) is 0 Å². The summed E-state index contributed by atoms with van der Waals surface area (Å²) in [5.74, 6) is -1.96. The van der Waals surface area contributed by atoms with Gasteiger partial charge in [-0.05, 0) is 13.0 Å². The first-order chi connectivity index (χ1) is 20.7. The number of amides is 4. The summed E-state index contributed by atoms with van der Waals surface area (Å²) in [5.41, 5.74) is -0.0846. The maximum absolute atomic E-state index is 15.2. The number of benzene rings is 1. The van der Waals surface area contributed by atoms with Gasteiger partial charge in [-0.2, -0.15) is 0 Å². The lowest BCUT2D eigenvalue weighted by molar-refractivity contribution is -0.131. The molecule has 0 saturated carbocycles. The van der Waals surface area contributed by atoms with E-state index in [0.717, 1.165) is 17.0 Å². The number of carbonyl (C=O) groups excluding carboxylic acids is 4. The van der Waals surface area contributed by atoms with Crippen LogP contribution in [0.15, 0.2) is 36.8 Å². The summed E-state index contributed by atoms with van der Waals surface area (Å²) in [5, 5.41) is 5.13. The van der Waals surface area contributed by atoms with Crippen molar-refractivity contribution < 1.29 is 37.4 Å². The van der Waals surface area contributed by atoms with Crippen molar-refractivity contribution in [1.29, 1.82) is 0 Å².